The minimum Gasteiger partial charge on any atom is -0.360 e. The number of hydrogen-bond donors (Lipinski definition) is 1. The number of H-pyrrole nitrogens is 1. The Morgan fingerprint density at radius 1 is 1.35 bits per heavy atom. The zero-order valence-electron chi connectivity index (χ0n) is 13.5. The smallest absolute Gasteiger partial charge is 0.216 e. The molecule has 3 aromatic heterocycles. The van der Waals surface area contributed by atoms with Gasteiger partial charge in [0.25, 0.3) is 0 Å². The number of aryl methyl sites for hydroxylation is 3. The topological polar surface area (TPSA) is 76.9 Å². The van der Waals surface area contributed by atoms with E-state index in [0.717, 1.165) is 40.8 Å². The van der Waals surface area contributed by atoms with Crippen LogP contribution in [0.15, 0.2) is 21.8 Å². The summed E-state index contributed by atoms with van der Waals surface area (Å²) in [7, 11) is 0. The highest BCUT2D eigenvalue weighted by Crippen LogP contribution is 2.19. The largest absolute Gasteiger partial charge is 0.360 e. The van der Waals surface area contributed by atoms with E-state index in [1.807, 2.05) is 38.3 Å². The Labute approximate surface area is 138 Å². The first-order chi connectivity index (χ1) is 11.0. The van der Waals surface area contributed by atoms with Gasteiger partial charge in [0.1, 0.15) is 5.76 Å². The van der Waals surface area contributed by atoms with Crippen LogP contribution < -0.4 is 0 Å². The summed E-state index contributed by atoms with van der Waals surface area (Å²) in [5.41, 5.74) is 3.09. The quantitative estimate of drug-likeness (QED) is 0.589. The first kappa shape index (κ1) is 15.4. The van der Waals surface area contributed by atoms with Crippen LogP contribution in [0, 0.1) is 25.5 Å². The van der Waals surface area contributed by atoms with Crippen molar-refractivity contribution in [3.8, 4) is 5.82 Å². The van der Waals surface area contributed by atoms with Crippen LogP contribution >= 0.6 is 12.2 Å². The zero-order chi connectivity index (χ0) is 16.6. The molecule has 1 N–H and O–H groups in total. The molecule has 23 heavy (non-hydrogen) atoms. The maximum atomic E-state index is 5.20. The van der Waals surface area contributed by atoms with E-state index in [9.17, 15) is 0 Å². The lowest BCUT2D eigenvalue weighted by Gasteiger charge is -2.03. The fourth-order valence-electron chi connectivity index (χ4n) is 2.52. The maximum Gasteiger partial charge on any atom is 0.216 e. The highest BCUT2D eigenvalue weighted by Gasteiger charge is 2.12. The fraction of sp³-hybridized carbons (Fsp3) is 0.333. The molecule has 3 aromatic rings. The predicted molar refractivity (Wildman–Crippen MR) is 89.8 cm³/mol. The summed E-state index contributed by atoms with van der Waals surface area (Å²) in [5.74, 6) is 2.35. The maximum absolute atomic E-state index is 5.20. The summed E-state index contributed by atoms with van der Waals surface area (Å²) in [6.07, 6.45) is 2.54. The zero-order valence-corrected chi connectivity index (χ0v) is 14.3. The molecule has 0 amide bonds. The molecule has 0 unspecified atom stereocenters. The van der Waals surface area contributed by atoms with Crippen LogP contribution in [-0.4, -0.2) is 30.8 Å². The monoisotopic (exact) mass is 330 g/mol. The number of nitrogens with zero attached hydrogens (tertiary/aromatic N) is 5. The van der Waals surface area contributed by atoms with E-state index in [1.165, 1.54) is 0 Å². The first-order valence-electron chi connectivity index (χ1n) is 7.34. The Kier molecular flexibility index (Phi) is 3.99. The van der Waals surface area contributed by atoms with E-state index in [4.69, 9.17) is 16.7 Å². The van der Waals surface area contributed by atoms with Crippen LogP contribution in [0.3, 0.4) is 0 Å². The van der Waals surface area contributed by atoms with E-state index >= 15 is 0 Å². The molecule has 0 aliphatic heterocycles. The SMILES string of the molecule is CCc1n[nH]c(=S)n1/N=C\c1cc(C)n(-c2cc(C)on2)c1C. The molecule has 0 spiro atoms. The average Bonchev–Trinajstić information content (AvgIpc) is 3.16. The average molecular weight is 330 g/mol. The molecule has 120 valence electrons. The van der Waals surface area contributed by atoms with Gasteiger partial charge in [0.05, 0.1) is 6.21 Å². The molecule has 0 aliphatic rings. The van der Waals surface area contributed by atoms with E-state index < -0.39 is 0 Å². The summed E-state index contributed by atoms with van der Waals surface area (Å²) in [4.78, 5) is 0. The third-order valence-corrected chi connectivity index (χ3v) is 3.93. The van der Waals surface area contributed by atoms with Gasteiger partial charge in [-0.15, -0.1) is 0 Å². The number of nitrogens with one attached hydrogen (secondary N) is 1. The lowest BCUT2D eigenvalue weighted by molar-refractivity contribution is 0.394. The molecule has 0 fully saturated rings. The highest BCUT2D eigenvalue weighted by molar-refractivity contribution is 7.71. The van der Waals surface area contributed by atoms with Crippen molar-refractivity contribution in [2.24, 2.45) is 5.10 Å². The van der Waals surface area contributed by atoms with Crippen LogP contribution in [0.25, 0.3) is 5.82 Å². The van der Waals surface area contributed by atoms with Gasteiger partial charge in [-0.1, -0.05) is 12.1 Å². The van der Waals surface area contributed by atoms with Gasteiger partial charge in [-0.25, -0.2) is 0 Å². The number of aromatic nitrogens is 5. The second-order valence-corrected chi connectivity index (χ2v) is 5.70. The lowest BCUT2D eigenvalue weighted by atomic mass is 10.3. The number of aromatic amines is 1. The third-order valence-electron chi connectivity index (χ3n) is 3.66. The van der Waals surface area contributed by atoms with Gasteiger partial charge >= 0.3 is 0 Å². The summed E-state index contributed by atoms with van der Waals surface area (Å²) in [6, 6.07) is 3.96. The minimum absolute atomic E-state index is 0.485. The molecule has 0 atom stereocenters. The molecular weight excluding hydrogens is 312 g/mol. The summed E-state index contributed by atoms with van der Waals surface area (Å²) >= 11 is 5.20. The van der Waals surface area contributed by atoms with Gasteiger partial charge in [0.15, 0.2) is 11.6 Å². The standard InChI is InChI=1S/C15H18N6OS/c1-5-13-17-18-15(23)21(13)16-8-12-6-9(2)20(11(12)4)14-7-10(3)22-19-14/h6-8H,5H2,1-4H3,(H,18,23)/b16-8-. The van der Waals surface area contributed by atoms with Crippen LogP contribution in [0.5, 0.6) is 0 Å². The molecule has 3 heterocycles. The van der Waals surface area contributed by atoms with E-state index in [1.54, 1.807) is 10.9 Å². The molecule has 0 aromatic carbocycles. The van der Waals surface area contributed by atoms with Crippen molar-refractivity contribution in [2.75, 3.05) is 0 Å². The second kappa shape index (κ2) is 5.96. The van der Waals surface area contributed by atoms with Gasteiger partial charge in [0.2, 0.25) is 4.77 Å². The number of rotatable bonds is 4. The Hall–Kier alpha value is -2.48. The molecule has 0 bridgehead atoms. The van der Waals surface area contributed by atoms with Crippen molar-refractivity contribution in [3.63, 3.8) is 0 Å². The summed E-state index contributed by atoms with van der Waals surface area (Å²) < 4.78 is 9.33. The van der Waals surface area contributed by atoms with Crippen molar-refractivity contribution >= 4 is 18.4 Å². The molecule has 3 rings (SSSR count). The van der Waals surface area contributed by atoms with Gasteiger partial charge in [-0.2, -0.15) is 14.9 Å². The molecule has 0 saturated carbocycles. The second-order valence-electron chi connectivity index (χ2n) is 5.31. The Morgan fingerprint density at radius 3 is 2.78 bits per heavy atom. The Balaban J connectivity index is 2.00. The molecule has 0 aliphatic carbocycles. The molecule has 7 nitrogen and oxygen atoms in total. The minimum atomic E-state index is 0.485. The van der Waals surface area contributed by atoms with Crippen LogP contribution in [-0.2, 0) is 6.42 Å². The van der Waals surface area contributed by atoms with Crippen molar-refractivity contribution < 1.29 is 4.52 Å². The Bertz CT molecular complexity index is 926. The van der Waals surface area contributed by atoms with Crippen molar-refractivity contribution in [1.82, 2.24) is 24.6 Å². The van der Waals surface area contributed by atoms with Crippen LogP contribution in [0.1, 0.15) is 35.5 Å². The van der Waals surface area contributed by atoms with Crippen molar-refractivity contribution in [2.45, 2.75) is 34.1 Å². The molecule has 8 heteroatoms. The van der Waals surface area contributed by atoms with E-state index in [2.05, 4.69) is 26.5 Å². The molecule has 0 saturated heterocycles. The summed E-state index contributed by atoms with van der Waals surface area (Å²) in [6.45, 7) is 7.93. The third kappa shape index (κ3) is 2.77. The fourth-order valence-corrected chi connectivity index (χ4v) is 2.72. The van der Waals surface area contributed by atoms with Crippen molar-refractivity contribution in [3.05, 3.63) is 45.4 Å². The normalized spacial score (nSPS) is 11.7. The molecule has 0 radical (unpaired) electrons. The van der Waals surface area contributed by atoms with Crippen molar-refractivity contribution in [1.29, 1.82) is 0 Å². The lowest BCUT2D eigenvalue weighted by Crippen LogP contribution is -2.00. The highest BCUT2D eigenvalue weighted by atomic mass is 32.1. The molecular formula is C15H18N6OS. The van der Waals surface area contributed by atoms with Gasteiger partial charge in [-0.3, -0.25) is 9.67 Å². The van der Waals surface area contributed by atoms with Gasteiger partial charge in [-0.05, 0) is 39.1 Å². The first-order valence-corrected chi connectivity index (χ1v) is 7.75. The van der Waals surface area contributed by atoms with Crippen LogP contribution in [0.4, 0.5) is 0 Å². The van der Waals surface area contributed by atoms with E-state index in [0.29, 0.717) is 4.77 Å². The summed E-state index contributed by atoms with van der Waals surface area (Å²) in [5, 5.41) is 15.4. The van der Waals surface area contributed by atoms with Gasteiger partial charge < -0.3 is 4.52 Å². The van der Waals surface area contributed by atoms with E-state index in [-0.39, 0.29) is 0 Å². The Morgan fingerprint density at radius 2 is 2.13 bits per heavy atom. The van der Waals surface area contributed by atoms with Gasteiger partial charge in [0, 0.05) is 29.4 Å². The predicted octanol–water partition coefficient (Wildman–Crippen LogP) is 3.09. The van der Waals surface area contributed by atoms with Crippen LogP contribution in [0.2, 0.25) is 0 Å². The number of hydrogen-bond acceptors (Lipinski definition) is 5.